The highest BCUT2D eigenvalue weighted by Crippen LogP contribution is 2.22. The van der Waals surface area contributed by atoms with Crippen LogP contribution in [0.15, 0.2) is 35.2 Å². The van der Waals surface area contributed by atoms with Crippen molar-refractivity contribution in [3.8, 4) is 0 Å². The highest BCUT2D eigenvalue weighted by molar-refractivity contribution is 7.89. The number of likely N-dealkylation sites (N-methyl/N-ethyl adjacent to an activating group) is 1. The molecule has 1 fully saturated rings. The molecule has 1 heterocycles. The molecule has 152 valence electrons. The summed E-state index contributed by atoms with van der Waals surface area (Å²) >= 11 is 0. The van der Waals surface area contributed by atoms with Crippen molar-refractivity contribution in [1.29, 1.82) is 0 Å². The van der Waals surface area contributed by atoms with Crippen LogP contribution in [0.1, 0.15) is 19.3 Å². The molecule has 1 aromatic carbocycles. The third-order valence-corrected chi connectivity index (χ3v) is 5.89. The molecule has 0 bridgehead atoms. The summed E-state index contributed by atoms with van der Waals surface area (Å²) in [4.78, 5) is 13.9. The Hall–Kier alpha value is -1.52. The highest BCUT2D eigenvalue weighted by atomic mass is 32.2. The van der Waals surface area contributed by atoms with E-state index in [1.54, 1.807) is 35.2 Å². The summed E-state index contributed by atoms with van der Waals surface area (Å²) in [7, 11) is 0.0900. The third kappa shape index (κ3) is 6.86. The van der Waals surface area contributed by atoms with Gasteiger partial charge in [0.05, 0.1) is 30.2 Å². The van der Waals surface area contributed by atoms with E-state index < -0.39 is 16.1 Å². The molecule has 1 aromatic rings. The van der Waals surface area contributed by atoms with Gasteiger partial charge < -0.3 is 20.1 Å². The lowest BCUT2D eigenvalue weighted by molar-refractivity contribution is -0.128. The van der Waals surface area contributed by atoms with Crippen molar-refractivity contribution in [2.75, 3.05) is 33.8 Å². The zero-order chi connectivity index (χ0) is 19.9. The van der Waals surface area contributed by atoms with Gasteiger partial charge in [0.2, 0.25) is 15.9 Å². The van der Waals surface area contributed by atoms with Gasteiger partial charge in [0.1, 0.15) is 6.10 Å². The summed E-state index contributed by atoms with van der Waals surface area (Å²) in [5.74, 6) is -0.110. The Morgan fingerprint density at radius 1 is 1.26 bits per heavy atom. The number of sulfonamides is 1. The van der Waals surface area contributed by atoms with Gasteiger partial charge in [-0.1, -0.05) is 18.2 Å². The maximum atomic E-state index is 12.2. The topological polar surface area (TPSA) is 108 Å². The molecule has 1 aliphatic rings. The molecule has 8 nitrogen and oxygen atoms in total. The van der Waals surface area contributed by atoms with E-state index in [1.165, 1.54) is 0 Å². The van der Waals surface area contributed by atoms with Gasteiger partial charge in [0, 0.05) is 6.54 Å². The maximum Gasteiger partial charge on any atom is 0.240 e. The fourth-order valence-electron chi connectivity index (χ4n) is 3.09. The van der Waals surface area contributed by atoms with Gasteiger partial charge in [-0.2, -0.15) is 0 Å². The van der Waals surface area contributed by atoms with Gasteiger partial charge in [-0.25, -0.2) is 13.1 Å². The number of carbonyl (C=O) groups excluding carboxylic acids is 1. The molecular weight excluding hydrogens is 370 g/mol. The summed E-state index contributed by atoms with van der Waals surface area (Å²) in [6.45, 7) is 0.330. The van der Waals surface area contributed by atoms with Crippen molar-refractivity contribution in [2.45, 2.75) is 42.4 Å². The predicted molar refractivity (Wildman–Crippen MR) is 102 cm³/mol. The first-order valence-corrected chi connectivity index (χ1v) is 10.5. The number of rotatable bonds is 9. The Morgan fingerprint density at radius 2 is 1.96 bits per heavy atom. The number of hydrogen-bond acceptors (Lipinski definition) is 6. The number of aliphatic hydroxyl groups excluding tert-OH is 1. The molecule has 27 heavy (non-hydrogen) atoms. The van der Waals surface area contributed by atoms with Gasteiger partial charge in [-0.3, -0.25) is 4.79 Å². The number of benzene rings is 1. The van der Waals surface area contributed by atoms with Crippen LogP contribution in [0.4, 0.5) is 0 Å². The Morgan fingerprint density at radius 3 is 2.59 bits per heavy atom. The number of carbonyl (C=O) groups is 1. The first-order chi connectivity index (χ1) is 12.8. The molecule has 0 saturated carbocycles. The van der Waals surface area contributed by atoms with Crippen LogP contribution in [0.3, 0.4) is 0 Å². The maximum absolute atomic E-state index is 12.2. The largest absolute Gasteiger partial charge is 0.394 e. The molecule has 9 heteroatoms. The molecule has 0 aromatic heterocycles. The minimum Gasteiger partial charge on any atom is -0.394 e. The van der Waals surface area contributed by atoms with Crippen LogP contribution in [-0.4, -0.2) is 76.4 Å². The number of nitrogens with zero attached hydrogens (tertiary/aromatic N) is 1. The minimum absolute atomic E-state index is 0.110. The molecule has 0 spiro atoms. The summed E-state index contributed by atoms with van der Waals surface area (Å²) in [5, 5.41) is 12.5. The van der Waals surface area contributed by atoms with E-state index in [4.69, 9.17) is 4.74 Å². The van der Waals surface area contributed by atoms with Gasteiger partial charge in [-0.15, -0.1) is 0 Å². The average molecular weight is 400 g/mol. The fourth-order valence-corrected chi connectivity index (χ4v) is 4.15. The highest BCUT2D eigenvalue weighted by Gasteiger charge is 2.31. The van der Waals surface area contributed by atoms with Crippen LogP contribution in [0.2, 0.25) is 0 Å². The van der Waals surface area contributed by atoms with E-state index >= 15 is 0 Å². The van der Waals surface area contributed by atoms with Gasteiger partial charge >= 0.3 is 0 Å². The van der Waals surface area contributed by atoms with E-state index in [0.29, 0.717) is 19.3 Å². The lowest BCUT2D eigenvalue weighted by atomic mass is 9.97. The van der Waals surface area contributed by atoms with Crippen LogP contribution >= 0.6 is 0 Å². The Labute approximate surface area is 160 Å². The number of amides is 1. The molecule has 1 saturated heterocycles. The van der Waals surface area contributed by atoms with E-state index in [0.717, 1.165) is 0 Å². The van der Waals surface area contributed by atoms with Crippen LogP contribution in [-0.2, 0) is 19.6 Å². The Balaban J connectivity index is 1.80. The zero-order valence-electron chi connectivity index (χ0n) is 15.8. The standard InChI is InChI=1S/C18H29N3O5S/c1-21(2)12-18(23)20-16-9-8-14(26-17(16)13-22)10-11-19-27(24,25)15-6-4-3-5-7-15/h3-7,14,16-17,19,22H,8-13H2,1-2H3,(H,20,23)/t14-,16-,17+/m0/s1. The van der Waals surface area contributed by atoms with Crippen molar-refractivity contribution in [1.82, 2.24) is 14.9 Å². The Bertz CT molecular complexity index is 696. The van der Waals surface area contributed by atoms with E-state index in [1.807, 2.05) is 14.1 Å². The molecule has 3 atom stereocenters. The fraction of sp³-hybridized carbons (Fsp3) is 0.611. The number of nitrogens with one attached hydrogen (secondary N) is 2. The first kappa shape index (κ1) is 21.8. The molecule has 3 N–H and O–H groups in total. The average Bonchev–Trinajstić information content (AvgIpc) is 2.62. The van der Waals surface area contributed by atoms with Gasteiger partial charge in [0.25, 0.3) is 0 Å². The van der Waals surface area contributed by atoms with Crippen molar-refractivity contribution in [3.05, 3.63) is 30.3 Å². The normalized spacial score (nSPS) is 23.3. The van der Waals surface area contributed by atoms with Crippen molar-refractivity contribution >= 4 is 15.9 Å². The summed E-state index contributed by atoms with van der Waals surface area (Å²) < 4.78 is 32.9. The van der Waals surface area contributed by atoms with Crippen LogP contribution < -0.4 is 10.0 Å². The molecule has 1 amide bonds. The van der Waals surface area contributed by atoms with Gasteiger partial charge in [0.15, 0.2) is 0 Å². The number of ether oxygens (including phenoxy) is 1. The SMILES string of the molecule is CN(C)CC(=O)N[C@H]1CC[C@@H](CCNS(=O)(=O)c2ccccc2)O[C@@H]1CO. The van der Waals surface area contributed by atoms with E-state index in [-0.39, 0.29) is 42.6 Å². The number of hydrogen-bond donors (Lipinski definition) is 3. The smallest absolute Gasteiger partial charge is 0.240 e. The van der Waals surface area contributed by atoms with Crippen molar-refractivity contribution in [3.63, 3.8) is 0 Å². The van der Waals surface area contributed by atoms with Crippen LogP contribution in [0.5, 0.6) is 0 Å². The van der Waals surface area contributed by atoms with Crippen molar-refractivity contribution in [2.24, 2.45) is 0 Å². The molecule has 0 aliphatic carbocycles. The second-order valence-electron chi connectivity index (χ2n) is 6.97. The molecule has 1 aliphatic heterocycles. The lowest BCUT2D eigenvalue weighted by Crippen LogP contribution is -2.52. The van der Waals surface area contributed by atoms with Gasteiger partial charge in [-0.05, 0) is 45.5 Å². The molecule has 2 rings (SSSR count). The predicted octanol–water partition coefficient (Wildman–Crippen LogP) is -0.0587. The van der Waals surface area contributed by atoms with Crippen LogP contribution in [0, 0.1) is 0 Å². The lowest BCUT2D eigenvalue weighted by Gasteiger charge is -2.36. The molecule has 0 radical (unpaired) electrons. The summed E-state index contributed by atoms with van der Waals surface area (Å²) in [5.41, 5.74) is 0. The minimum atomic E-state index is -3.54. The second kappa shape index (κ2) is 10.1. The zero-order valence-corrected chi connectivity index (χ0v) is 16.6. The number of aliphatic hydroxyl groups is 1. The van der Waals surface area contributed by atoms with Crippen LogP contribution in [0.25, 0.3) is 0 Å². The third-order valence-electron chi connectivity index (χ3n) is 4.41. The van der Waals surface area contributed by atoms with E-state index in [9.17, 15) is 18.3 Å². The van der Waals surface area contributed by atoms with E-state index in [2.05, 4.69) is 10.0 Å². The quantitative estimate of drug-likeness (QED) is 0.537. The molecular formula is C18H29N3O5S. The van der Waals surface area contributed by atoms with Crippen molar-refractivity contribution < 1.29 is 23.1 Å². The summed E-state index contributed by atoms with van der Waals surface area (Å²) in [6, 6.07) is 7.96. The Kier molecular flexibility index (Phi) is 8.18. The second-order valence-corrected chi connectivity index (χ2v) is 8.73. The summed E-state index contributed by atoms with van der Waals surface area (Å²) in [6.07, 6.45) is 1.22. The monoisotopic (exact) mass is 399 g/mol. The molecule has 0 unspecified atom stereocenters. The first-order valence-electron chi connectivity index (χ1n) is 9.07.